The summed E-state index contributed by atoms with van der Waals surface area (Å²) in [6, 6.07) is 4.86. The van der Waals surface area contributed by atoms with Gasteiger partial charge >= 0.3 is 0 Å². The van der Waals surface area contributed by atoms with E-state index in [2.05, 4.69) is 24.4 Å². The molecule has 0 radical (unpaired) electrons. The Morgan fingerprint density at radius 1 is 1.20 bits per heavy atom. The molecule has 2 fully saturated rings. The van der Waals surface area contributed by atoms with Crippen molar-refractivity contribution in [2.24, 2.45) is 5.92 Å². The van der Waals surface area contributed by atoms with Crippen LogP contribution in [0.1, 0.15) is 63.4 Å². The molecule has 2 saturated carbocycles. The van der Waals surface area contributed by atoms with Crippen LogP contribution >= 0.6 is 0 Å². The summed E-state index contributed by atoms with van der Waals surface area (Å²) < 4.78 is 11.9. The summed E-state index contributed by atoms with van der Waals surface area (Å²) in [5, 5.41) is 3.47. The molecule has 0 saturated heterocycles. The van der Waals surface area contributed by atoms with Crippen LogP contribution in [0.15, 0.2) is 16.5 Å². The van der Waals surface area contributed by atoms with E-state index >= 15 is 0 Å². The molecule has 3 nitrogen and oxygen atoms in total. The zero-order valence-electron chi connectivity index (χ0n) is 12.6. The topological polar surface area (TPSA) is 34.4 Å². The molecule has 112 valence electrons. The second-order valence-corrected chi connectivity index (χ2v) is 6.40. The molecule has 2 aliphatic carbocycles. The third-order valence-corrected chi connectivity index (χ3v) is 4.63. The smallest absolute Gasteiger partial charge is 0.129 e. The van der Waals surface area contributed by atoms with E-state index in [0.717, 1.165) is 30.0 Å². The highest BCUT2D eigenvalue weighted by molar-refractivity contribution is 5.06. The minimum absolute atomic E-state index is 0.437. The highest BCUT2D eigenvalue weighted by Gasteiger charge is 2.22. The van der Waals surface area contributed by atoms with E-state index in [0.29, 0.717) is 12.7 Å². The molecule has 0 amide bonds. The first-order valence-corrected chi connectivity index (χ1v) is 8.26. The Morgan fingerprint density at radius 3 is 2.85 bits per heavy atom. The maximum atomic E-state index is 6.04. The van der Waals surface area contributed by atoms with Gasteiger partial charge in [0, 0.05) is 6.04 Å². The first-order chi connectivity index (χ1) is 9.83. The van der Waals surface area contributed by atoms with Gasteiger partial charge in [-0.15, -0.1) is 0 Å². The predicted octanol–water partition coefficient (Wildman–Crippen LogP) is 4.02. The maximum Gasteiger partial charge on any atom is 0.129 e. The Kier molecular flexibility index (Phi) is 4.79. The molecule has 0 aliphatic heterocycles. The summed E-state index contributed by atoms with van der Waals surface area (Å²) in [5.74, 6) is 2.87. The largest absolute Gasteiger partial charge is 0.462 e. The summed E-state index contributed by atoms with van der Waals surface area (Å²) in [4.78, 5) is 0. The van der Waals surface area contributed by atoms with Crippen molar-refractivity contribution >= 4 is 0 Å². The standard InChI is InChI=1S/C17H27NO2/c1-2-13-4-3-5-15(10-13)19-12-17-9-8-16(20-17)11-18-14-6-7-14/h8-9,13-15,18H,2-7,10-12H2,1H3. The summed E-state index contributed by atoms with van der Waals surface area (Å²) in [6.07, 6.45) is 9.50. The van der Waals surface area contributed by atoms with Gasteiger partial charge in [-0.05, 0) is 43.7 Å². The van der Waals surface area contributed by atoms with E-state index in [4.69, 9.17) is 9.15 Å². The average molecular weight is 277 g/mol. The van der Waals surface area contributed by atoms with Gasteiger partial charge in [0.1, 0.15) is 18.1 Å². The lowest BCUT2D eigenvalue weighted by Crippen LogP contribution is -2.22. The van der Waals surface area contributed by atoms with Crippen LogP contribution in [0, 0.1) is 5.92 Å². The fourth-order valence-electron chi connectivity index (χ4n) is 3.09. The first kappa shape index (κ1) is 14.2. The van der Waals surface area contributed by atoms with E-state index < -0.39 is 0 Å². The Hall–Kier alpha value is -0.800. The number of furan rings is 1. The summed E-state index contributed by atoms with van der Waals surface area (Å²) in [7, 11) is 0. The van der Waals surface area contributed by atoms with Crippen molar-refractivity contribution < 1.29 is 9.15 Å². The lowest BCUT2D eigenvalue weighted by atomic mass is 9.85. The van der Waals surface area contributed by atoms with Gasteiger partial charge in [-0.25, -0.2) is 0 Å². The first-order valence-electron chi connectivity index (χ1n) is 8.26. The number of ether oxygens (including phenoxy) is 1. The zero-order valence-corrected chi connectivity index (χ0v) is 12.6. The SMILES string of the molecule is CCC1CCCC(OCc2ccc(CNC3CC3)o2)C1. The van der Waals surface area contributed by atoms with E-state index in [1.54, 1.807) is 0 Å². The van der Waals surface area contributed by atoms with Crippen molar-refractivity contribution in [2.45, 2.75) is 77.2 Å². The molecule has 20 heavy (non-hydrogen) atoms. The fourth-order valence-corrected chi connectivity index (χ4v) is 3.09. The van der Waals surface area contributed by atoms with Crippen molar-refractivity contribution in [3.05, 3.63) is 23.7 Å². The normalized spacial score (nSPS) is 26.9. The van der Waals surface area contributed by atoms with Crippen molar-refractivity contribution in [3.63, 3.8) is 0 Å². The molecule has 0 spiro atoms. The Bertz CT molecular complexity index is 411. The van der Waals surface area contributed by atoms with E-state index in [-0.39, 0.29) is 0 Å². The van der Waals surface area contributed by atoms with Crippen molar-refractivity contribution in [3.8, 4) is 0 Å². The zero-order chi connectivity index (χ0) is 13.8. The fraction of sp³-hybridized carbons (Fsp3) is 0.765. The van der Waals surface area contributed by atoms with Crippen LogP contribution in [0.4, 0.5) is 0 Å². The highest BCUT2D eigenvalue weighted by atomic mass is 16.5. The lowest BCUT2D eigenvalue weighted by Gasteiger charge is -2.28. The van der Waals surface area contributed by atoms with Gasteiger partial charge in [0.05, 0.1) is 12.6 Å². The van der Waals surface area contributed by atoms with Crippen LogP contribution in [0.5, 0.6) is 0 Å². The van der Waals surface area contributed by atoms with Crippen LogP contribution in [0.3, 0.4) is 0 Å². The summed E-state index contributed by atoms with van der Waals surface area (Å²) in [6.45, 7) is 3.77. The van der Waals surface area contributed by atoms with Crippen LogP contribution < -0.4 is 5.32 Å². The Balaban J connectivity index is 1.40. The van der Waals surface area contributed by atoms with Crippen molar-refractivity contribution in [1.82, 2.24) is 5.32 Å². The van der Waals surface area contributed by atoms with Gasteiger partial charge in [0.2, 0.25) is 0 Å². The molecule has 2 unspecified atom stereocenters. The van der Waals surface area contributed by atoms with E-state index in [1.807, 2.05) is 0 Å². The third-order valence-electron chi connectivity index (χ3n) is 4.63. The second-order valence-electron chi connectivity index (χ2n) is 6.40. The molecule has 0 aromatic carbocycles. The van der Waals surface area contributed by atoms with Crippen LogP contribution in [0.2, 0.25) is 0 Å². The highest BCUT2D eigenvalue weighted by Crippen LogP contribution is 2.29. The quantitative estimate of drug-likeness (QED) is 0.817. The minimum atomic E-state index is 0.437. The number of nitrogens with one attached hydrogen (secondary N) is 1. The van der Waals surface area contributed by atoms with Gasteiger partial charge in [0.15, 0.2) is 0 Å². The van der Waals surface area contributed by atoms with Crippen molar-refractivity contribution in [2.75, 3.05) is 0 Å². The molecule has 1 aromatic rings. The Labute approximate surface area is 122 Å². The summed E-state index contributed by atoms with van der Waals surface area (Å²) in [5.41, 5.74) is 0. The van der Waals surface area contributed by atoms with E-state index in [1.165, 1.54) is 44.9 Å². The average Bonchev–Trinajstić information content (AvgIpc) is 3.21. The van der Waals surface area contributed by atoms with Crippen molar-refractivity contribution in [1.29, 1.82) is 0 Å². The molecule has 1 heterocycles. The molecule has 1 aromatic heterocycles. The van der Waals surface area contributed by atoms with Gasteiger partial charge in [0.25, 0.3) is 0 Å². The van der Waals surface area contributed by atoms with E-state index in [9.17, 15) is 0 Å². The monoisotopic (exact) mass is 277 g/mol. The molecule has 2 aliphatic rings. The molecule has 2 atom stereocenters. The van der Waals surface area contributed by atoms with Gasteiger partial charge in [-0.3, -0.25) is 0 Å². The van der Waals surface area contributed by atoms with Gasteiger partial charge < -0.3 is 14.5 Å². The number of hydrogen-bond acceptors (Lipinski definition) is 3. The van der Waals surface area contributed by atoms with Gasteiger partial charge in [-0.2, -0.15) is 0 Å². The van der Waals surface area contributed by atoms with Crippen LogP contribution in [0.25, 0.3) is 0 Å². The molecule has 3 rings (SSSR count). The Morgan fingerprint density at radius 2 is 2.05 bits per heavy atom. The molecular weight excluding hydrogens is 250 g/mol. The number of rotatable bonds is 7. The lowest BCUT2D eigenvalue weighted by molar-refractivity contribution is -0.00568. The molecule has 0 bridgehead atoms. The van der Waals surface area contributed by atoms with Crippen LogP contribution in [-0.4, -0.2) is 12.1 Å². The van der Waals surface area contributed by atoms with Crippen LogP contribution in [-0.2, 0) is 17.9 Å². The second kappa shape index (κ2) is 6.77. The molecule has 3 heteroatoms. The third kappa shape index (κ3) is 4.10. The predicted molar refractivity (Wildman–Crippen MR) is 79.4 cm³/mol. The molecule has 1 N–H and O–H groups in total. The van der Waals surface area contributed by atoms with Gasteiger partial charge in [-0.1, -0.05) is 26.2 Å². The minimum Gasteiger partial charge on any atom is -0.462 e. The maximum absolute atomic E-state index is 6.04. The molecular formula is C17H27NO2. The summed E-state index contributed by atoms with van der Waals surface area (Å²) >= 11 is 0. The number of hydrogen-bond donors (Lipinski definition) is 1.